The predicted octanol–water partition coefficient (Wildman–Crippen LogP) is 5.44. The predicted molar refractivity (Wildman–Crippen MR) is 165 cm³/mol. The van der Waals surface area contributed by atoms with Gasteiger partial charge in [-0.3, -0.25) is 14.9 Å². The molecule has 8 nitrogen and oxygen atoms in total. The molecule has 4 aromatic rings. The van der Waals surface area contributed by atoms with Crippen LogP contribution in [-0.4, -0.2) is 55.1 Å². The quantitative estimate of drug-likeness (QED) is 0.227. The number of anilines is 2. The molecule has 0 radical (unpaired) electrons. The zero-order valence-corrected chi connectivity index (χ0v) is 23.4. The SMILES string of the molecule is COc1ccc(C(=O)N2CCN(c3ccc(NC(=S)NC(=O)/C=C/c4ccc(-c5ccccc5)o4)cc3)CC2)cc1. The lowest BCUT2D eigenvalue weighted by molar-refractivity contribution is -0.115. The van der Waals surface area contributed by atoms with E-state index in [1.807, 2.05) is 71.6 Å². The van der Waals surface area contributed by atoms with Gasteiger partial charge in [0.1, 0.15) is 17.3 Å². The van der Waals surface area contributed by atoms with Crippen LogP contribution >= 0.6 is 12.2 Å². The Labute approximate surface area is 244 Å². The van der Waals surface area contributed by atoms with Gasteiger partial charge in [-0.2, -0.15) is 0 Å². The lowest BCUT2D eigenvalue weighted by atomic mass is 10.1. The van der Waals surface area contributed by atoms with Crippen LogP contribution in [0.15, 0.2) is 101 Å². The molecular weight excluding hydrogens is 536 g/mol. The van der Waals surface area contributed by atoms with Crippen molar-refractivity contribution in [3.05, 3.63) is 108 Å². The Morgan fingerprint density at radius 2 is 1.59 bits per heavy atom. The van der Waals surface area contributed by atoms with Crippen molar-refractivity contribution >= 4 is 46.6 Å². The van der Waals surface area contributed by atoms with E-state index in [1.165, 1.54) is 6.08 Å². The molecule has 2 N–H and O–H groups in total. The number of hydrogen-bond donors (Lipinski definition) is 2. The Morgan fingerprint density at radius 3 is 2.27 bits per heavy atom. The molecule has 9 heteroatoms. The lowest BCUT2D eigenvalue weighted by Gasteiger charge is -2.36. The maximum Gasteiger partial charge on any atom is 0.253 e. The third kappa shape index (κ3) is 7.20. The Morgan fingerprint density at radius 1 is 0.878 bits per heavy atom. The summed E-state index contributed by atoms with van der Waals surface area (Å²) >= 11 is 5.31. The number of rotatable bonds is 7. The molecular formula is C32H30N4O4S. The lowest BCUT2D eigenvalue weighted by Crippen LogP contribution is -2.48. The number of hydrogen-bond acceptors (Lipinski definition) is 6. The van der Waals surface area contributed by atoms with E-state index >= 15 is 0 Å². The highest BCUT2D eigenvalue weighted by Gasteiger charge is 2.22. The number of carbonyl (C=O) groups is 2. The molecule has 208 valence electrons. The first-order valence-corrected chi connectivity index (χ1v) is 13.6. The highest BCUT2D eigenvalue weighted by atomic mass is 32.1. The highest BCUT2D eigenvalue weighted by molar-refractivity contribution is 7.80. The Kier molecular flexibility index (Phi) is 8.76. The summed E-state index contributed by atoms with van der Waals surface area (Å²) < 4.78 is 11.0. The van der Waals surface area contributed by atoms with Crippen LogP contribution in [0.1, 0.15) is 16.1 Å². The van der Waals surface area contributed by atoms with E-state index in [1.54, 1.807) is 37.5 Å². The fourth-order valence-electron chi connectivity index (χ4n) is 4.51. The number of amides is 2. The first kappa shape index (κ1) is 27.7. The maximum absolute atomic E-state index is 12.8. The monoisotopic (exact) mass is 566 g/mol. The van der Waals surface area contributed by atoms with Crippen LogP contribution in [-0.2, 0) is 4.79 Å². The van der Waals surface area contributed by atoms with Gasteiger partial charge >= 0.3 is 0 Å². The average Bonchev–Trinajstić information content (AvgIpc) is 3.50. The normalized spacial score (nSPS) is 13.2. The molecule has 41 heavy (non-hydrogen) atoms. The van der Waals surface area contributed by atoms with Gasteiger partial charge in [0.15, 0.2) is 5.11 Å². The van der Waals surface area contributed by atoms with Crippen molar-refractivity contribution in [3.63, 3.8) is 0 Å². The van der Waals surface area contributed by atoms with Crippen molar-refractivity contribution < 1.29 is 18.7 Å². The van der Waals surface area contributed by atoms with E-state index < -0.39 is 0 Å². The molecule has 0 atom stereocenters. The number of methoxy groups -OCH3 is 1. The largest absolute Gasteiger partial charge is 0.497 e. The van der Waals surface area contributed by atoms with Gasteiger partial charge in [-0.15, -0.1) is 0 Å². The van der Waals surface area contributed by atoms with Gasteiger partial charge in [0.2, 0.25) is 5.91 Å². The molecule has 2 heterocycles. The average molecular weight is 567 g/mol. The number of thiocarbonyl (C=S) groups is 1. The van der Waals surface area contributed by atoms with Crippen molar-refractivity contribution in [3.8, 4) is 17.1 Å². The molecule has 5 rings (SSSR count). The summed E-state index contributed by atoms with van der Waals surface area (Å²) in [5.41, 5.74) is 3.44. The molecule has 1 aliphatic rings. The molecule has 1 saturated heterocycles. The second-order valence-electron chi connectivity index (χ2n) is 9.40. The minimum absolute atomic E-state index is 0.0263. The third-order valence-corrected chi connectivity index (χ3v) is 6.92. The second kappa shape index (κ2) is 13.0. The van der Waals surface area contributed by atoms with Crippen LogP contribution < -0.4 is 20.3 Å². The van der Waals surface area contributed by atoms with Crippen molar-refractivity contribution in [2.24, 2.45) is 0 Å². The number of furan rings is 1. The van der Waals surface area contributed by atoms with E-state index in [0.29, 0.717) is 24.4 Å². The molecule has 2 amide bonds. The van der Waals surface area contributed by atoms with Crippen LogP contribution in [0.2, 0.25) is 0 Å². The fourth-order valence-corrected chi connectivity index (χ4v) is 4.73. The topological polar surface area (TPSA) is 87.0 Å². The third-order valence-electron chi connectivity index (χ3n) is 6.71. The van der Waals surface area contributed by atoms with E-state index in [-0.39, 0.29) is 16.9 Å². The zero-order valence-electron chi connectivity index (χ0n) is 22.6. The maximum atomic E-state index is 12.8. The number of nitrogens with zero attached hydrogens (tertiary/aromatic N) is 2. The number of carbonyl (C=O) groups excluding carboxylic acids is 2. The van der Waals surface area contributed by atoms with Crippen molar-refractivity contribution in [1.29, 1.82) is 0 Å². The molecule has 0 spiro atoms. The highest BCUT2D eigenvalue weighted by Crippen LogP contribution is 2.23. The summed E-state index contributed by atoms with van der Waals surface area (Å²) in [6, 6.07) is 28.4. The minimum Gasteiger partial charge on any atom is -0.497 e. The van der Waals surface area contributed by atoms with E-state index in [0.717, 1.165) is 41.5 Å². The summed E-state index contributed by atoms with van der Waals surface area (Å²) in [5.74, 6) is 1.69. The fraction of sp³-hybridized carbons (Fsp3) is 0.156. The van der Waals surface area contributed by atoms with Crippen molar-refractivity contribution in [1.82, 2.24) is 10.2 Å². The summed E-state index contributed by atoms with van der Waals surface area (Å²) in [4.78, 5) is 29.3. The van der Waals surface area contributed by atoms with E-state index in [4.69, 9.17) is 21.4 Å². The summed E-state index contributed by atoms with van der Waals surface area (Å²) in [6.07, 6.45) is 2.98. The van der Waals surface area contributed by atoms with Gasteiger partial charge in [0.05, 0.1) is 7.11 Å². The summed E-state index contributed by atoms with van der Waals surface area (Å²) in [6.45, 7) is 2.75. The first-order chi connectivity index (χ1) is 20.0. The standard InChI is InChI=1S/C32H30N4O4S/c1-39-27-13-7-24(8-14-27)31(38)36-21-19-35(20-22-36)26-11-9-25(10-12-26)33-32(41)34-30(37)18-16-28-15-17-29(40-28)23-5-3-2-4-6-23/h2-18H,19-22H2,1H3,(H2,33,34,37,41)/b18-16+. The summed E-state index contributed by atoms with van der Waals surface area (Å²) in [5, 5.41) is 5.88. The molecule has 1 fully saturated rings. The Bertz CT molecular complexity index is 1520. The van der Waals surface area contributed by atoms with Crippen LogP contribution in [0.25, 0.3) is 17.4 Å². The molecule has 1 aliphatic heterocycles. The molecule has 0 aliphatic carbocycles. The Balaban J connectivity index is 1.07. The smallest absolute Gasteiger partial charge is 0.253 e. The van der Waals surface area contributed by atoms with Crippen LogP contribution in [0.4, 0.5) is 11.4 Å². The van der Waals surface area contributed by atoms with Gasteiger partial charge in [0, 0.05) is 54.8 Å². The van der Waals surface area contributed by atoms with Crippen LogP contribution in [0.5, 0.6) is 5.75 Å². The number of ether oxygens (including phenoxy) is 1. The minimum atomic E-state index is -0.362. The van der Waals surface area contributed by atoms with Crippen molar-refractivity contribution in [2.45, 2.75) is 0 Å². The van der Waals surface area contributed by atoms with Crippen LogP contribution in [0.3, 0.4) is 0 Å². The van der Waals surface area contributed by atoms with Crippen LogP contribution in [0, 0.1) is 0 Å². The van der Waals surface area contributed by atoms with Gasteiger partial charge in [-0.25, -0.2) is 0 Å². The van der Waals surface area contributed by atoms with Gasteiger partial charge in [-0.05, 0) is 79.0 Å². The first-order valence-electron chi connectivity index (χ1n) is 13.2. The van der Waals surface area contributed by atoms with Crippen molar-refractivity contribution in [2.75, 3.05) is 43.5 Å². The zero-order chi connectivity index (χ0) is 28.6. The molecule has 0 bridgehead atoms. The van der Waals surface area contributed by atoms with Gasteiger partial charge < -0.3 is 24.3 Å². The number of nitrogens with one attached hydrogen (secondary N) is 2. The van der Waals surface area contributed by atoms with Gasteiger partial charge in [0.25, 0.3) is 5.91 Å². The molecule has 0 unspecified atom stereocenters. The van der Waals surface area contributed by atoms with Gasteiger partial charge in [-0.1, -0.05) is 30.3 Å². The molecule has 1 aromatic heterocycles. The second-order valence-corrected chi connectivity index (χ2v) is 9.81. The van der Waals surface area contributed by atoms with E-state index in [2.05, 4.69) is 15.5 Å². The molecule has 0 saturated carbocycles. The number of benzene rings is 3. The summed E-state index contributed by atoms with van der Waals surface area (Å²) in [7, 11) is 1.61. The number of piperazine rings is 1. The Hall–Kier alpha value is -4.89. The molecule has 3 aromatic carbocycles. The van der Waals surface area contributed by atoms with E-state index in [9.17, 15) is 9.59 Å².